The molecule has 1 aliphatic rings. The summed E-state index contributed by atoms with van der Waals surface area (Å²) in [4.78, 5) is 18.7. The zero-order valence-corrected chi connectivity index (χ0v) is 20.6. The number of carbonyl (C=O) groups excluding carboxylic acids is 1. The Morgan fingerprint density at radius 1 is 1.33 bits per heavy atom. The second kappa shape index (κ2) is 11.3. The lowest BCUT2D eigenvalue weighted by Crippen LogP contribution is -2.48. The predicted molar refractivity (Wildman–Crippen MR) is 130 cm³/mol. The number of likely N-dealkylation sites (tertiary alicyclic amines) is 1. The van der Waals surface area contributed by atoms with E-state index in [0.717, 1.165) is 48.0 Å². The van der Waals surface area contributed by atoms with Gasteiger partial charge in [0.25, 0.3) is 0 Å². The first-order valence-electron chi connectivity index (χ1n) is 10.3. The quantitative estimate of drug-likeness (QED) is 0.280. The Morgan fingerprint density at radius 2 is 2.10 bits per heavy atom. The summed E-state index contributed by atoms with van der Waals surface area (Å²) in [7, 11) is 1.78. The molecule has 1 aromatic heterocycles. The van der Waals surface area contributed by atoms with E-state index in [2.05, 4.69) is 45.4 Å². The molecule has 0 spiro atoms. The molecular formula is C22H32IN5O2. The molecule has 1 atom stereocenters. The van der Waals surface area contributed by atoms with Crippen molar-refractivity contribution in [2.45, 2.75) is 40.2 Å². The van der Waals surface area contributed by atoms with Gasteiger partial charge in [-0.3, -0.25) is 9.79 Å². The first-order valence-corrected chi connectivity index (χ1v) is 10.3. The molecule has 8 heteroatoms. The van der Waals surface area contributed by atoms with E-state index in [9.17, 15) is 4.79 Å². The number of aromatic nitrogens is 2. The summed E-state index contributed by atoms with van der Waals surface area (Å²) in [6.45, 7) is 8.48. The van der Waals surface area contributed by atoms with Crippen LogP contribution in [0.4, 0.5) is 0 Å². The molecule has 1 aromatic carbocycles. The van der Waals surface area contributed by atoms with Crippen molar-refractivity contribution in [2.75, 3.05) is 26.7 Å². The third kappa shape index (κ3) is 5.74. The van der Waals surface area contributed by atoms with Crippen LogP contribution in [-0.2, 0) is 16.1 Å². The van der Waals surface area contributed by atoms with E-state index in [1.165, 1.54) is 0 Å². The SMILES string of the molecule is CCOC(=O)C1CCCN(C(=NC)NCc2ccccc2-n2nc(C)cc2C)C1.I. The van der Waals surface area contributed by atoms with Gasteiger partial charge in [0, 0.05) is 32.4 Å². The van der Waals surface area contributed by atoms with Crippen molar-refractivity contribution in [3.63, 3.8) is 0 Å². The lowest BCUT2D eigenvalue weighted by molar-refractivity contribution is -0.149. The molecule has 1 unspecified atom stereocenters. The highest BCUT2D eigenvalue weighted by Gasteiger charge is 2.28. The Bertz CT molecular complexity index is 880. The molecule has 0 radical (unpaired) electrons. The lowest BCUT2D eigenvalue weighted by atomic mass is 9.98. The fraction of sp³-hybridized carbons (Fsp3) is 0.500. The van der Waals surface area contributed by atoms with Gasteiger partial charge in [-0.1, -0.05) is 18.2 Å². The van der Waals surface area contributed by atoms with Crippen molar-refractivity contribution in [1.82, 2.24) is 20.0 Å². The van der Waals surface area contributed by atoms with Crippen molar-refractivity contribution in [3.8, 4) is 5.69 Å². The van der Waals surface area contributed by atoms with Crippen LogP contribution in [0.15, 0.2) is 35.3 Å². The first-order chi connectivity index (χ1) is 14.0. The zero-order chi connectivity index (χ0) is 20.8. The summed E-state index contributed by atoms with van der Waals surface area (Å²) in [6.07, 6.45) is 1.82. The highest BCUT2D eigenvalue weighted by molar-refractivity contribution is 14.0. The maximum atomic E-state index is 12.2. The third-order valence-electron chi connectivity index (χ3n) is 5.22. The van der Waals surface area contributed by atoms with Crippen molar-refractivity contribution in [3.05, 3.63) is 47.3 Å². The van der Waals surface area contributed by atoms with Crippen LogP contribution in [0, 0.1) is 19.8 Å². The Morgan fingerprint density at radius 3 is 2.77 bits per heavy atom. The Balaban J connectivity index is 0.00000320. The van der Waals surface area contributed by atoms with Crippen LogP contribution >= 0.6 is 24.0 Å². The average molecular weight is 525 g/mol. The van der Waals surface area contributed by atoms with Gasteiger partial charge >= 0.3 is 5.97 Å². The number of rotatable bonds is 5. The molecule has 1 fully saturated rings. The van der Waals surface area contributed by atoms with Crippen LogP contribution in [0.2, 0.25) is 0 Å². The minimum atomic E-state index is -0.109. The van der Waals surface area contributed by atoms with Crippen molar-refractivity contribution < 1.29 is 9.53 Å². The first kappa shape index (κ1) is 24.2. The standard InChI is InChI=1S/C22H31N5O2.HI/c1-5-29-21(28)19-10-8-12-26(15-19)22(23-4)24-14-18-9-6-7-11-20(18)27-17(3)13-16(2)25-27;/h6-7,9,11,13,19H,5,8,10,12,14-15H2,1-4H3,(H,23,24);1H. The van der Waals surface area contributed by atoms with Crippen LogP contribution in [0.5, 0.6) is 0 Å². The van der Waals surface area contributed by atoms with Crippen LogP contribution < -0.4 is 5.32 Å². The second-order valence-electron chi connectivity index (χ2n) is 7.41. The van der Waals surface area contributed by atoms with Gasteiger partial charge in [-0.15, -0.1) is 24.0 Å². The van der Waals surface area contributed by atoms with Gasteiger partial charge in [0.2, 0.25) is 0 Å². The van der Waals surface area contributed by atoms with E-state index in [-0.39, 0.29) is 35.9 Å². The number of piperidine rings is 1. The van der Waals surface area contributed by atoms with Gasteiger partial charge in [0.15, 0.2) is 5.96 Å². The number of hydrogen-bond donors (Lipinski definition) is 1. The maximum absolute atomic E-state index is 12.2. The molecule has 3 rings (SSSR count). The summed E-state index contributed by atoms with van der Waals surface area (Å²) in [6, 6.07) is 10.3. The molecule has 0 saturated carbocycles. The zero-order valence-electron chi connectivity index (χ0n) is 18.2. The summed E-state index contributed by atoms with van der Waals surface area (Å²) >= 11 is 0. The molecule has 1 aliphatic heterocycles. The summed E-state index contributed by atoms with van der Waals surface area (Å²) in [5.74, 6) is 0.605. The number of ether oxygens (including phenoxy) is 1. The number of carbonyl (C=O) groups is 1. The van der Waals surface area contributed by atoms with Gasteiger partial charge in [-0.05, 0) is 51.3 Å². The van der Waals surface area contributed by atoms with Crippen molar-refractivity contribution >= 4 is 35.9 Å². The number of aryl methyl sites for hydroxylation is 2. The topological polar surface area (TPSA) is 71.8 Å². The maximum Gasteiger partial charge on any atom is 0.310 e. The number of aliphatic imine (C=N–C) groups is 1. The highest BCUT2D eigenvalue weighted by Crippen LogP contribution is 2.19. The number of nitrogens with one attached hydrogen (secondary N) is 1. The van der Waals surface area contributed by atoms with Crippen molar-refractivity contribution in [2.24, 2.45) is 10.9 Å². The number of guanidine groups is 1. The molecule has 1 saturated heterocycles. The van der Waals surface area contributed by atoms with E-state index in [4.69, 9.17) is 4.74 Å². The number of halogens is 1. The Labute approximate surface area is 195 Å². The largest absolute Gasteiger partial charge is 0.466 e. The Kier molecular flexibility index (Phi) is 9.13. The normalized spacial score (nSPS) is 16.7. The van der Waals surface area contributed by atoms with Crippen molar-refractivity contribution in [1.29, 1.82) is 0 Å². The monoisotopic (exact) mass is 525 g/mol. The van der Waals surface area contributed by atoms with Gasteiger partial charge in [-0.2, -0.15) is 5.10 Å². The molecule has 2 aromatic rings. The van der Waals surface area contributed by atoms with Crippen LogP contribution in [0.3, 0.4) is 0 Å². The number of para-hydroxylation sites is 1. The molecule has 0 aliphatic carbocycles. The van der Waals surface area contributed by atoms with Gasteiger partial charge in [0.1, 0.15) is 0 Å². The number of hydrogen-bond acceptors (Lipinski definition) is 4. The number of benzene rings is 1. The fourth-order valence-corrected chi connectivity index (χ4v) is 3.87. The molecule has 0 bridgehead atoms. The molecule has 1 N–H and O–H groups in total. The number of nitrogens with zero attached hydrogens (tertiary/aromatic N) is 4. The predicted octanol–water partition coefficient (Wildman–Crippen LogP) is 3.46. The summed E-state index contributed by atoms with van der Waals surface area (Å²) in [5, 5.41) is 8.09. The molecular weight excluding hydrogens is 493 g/mol. The van der Waals surface area contributed by atoms with Crippen LogP contribution in [-0.4, -0.2) is 53.4 Å². The van der Waals surface area contributed by atoms with E-state index in [1.54, 1.807) is 7.05 Å². The highest BCUT2D eigenvalue weighted by atomic mass is 127. The molecule has 30 heavy (non-hydrogen) atoms. The van der Waals surface area contributed by atoms with Gasteiger partial charge < -0.3 is 15.0 Å². The average Bonchev–Trinajstić information content (AvgIpc) is 3.07. The fourth-order valence-electron chi connectivity index (χ4n) is 3.87. The molecule has 0 amide bonds. The van der Waals surface area contributed by atoms with Crippen LogP contribution in [0.1, 0.15) is 36.7 Å². The lowest BCUT2D eigenvalue weighted by Gasteiger charge is -2.34. The van der Waals surface area contributed by atoms with E-state index in [0.29, 0.717) is 19.7 Å². The van der Waals surface area contributed by atoms with E-state index in [1.807, 2.05) is 30.7 Å². The second-order valence-corrected chi connectivity index (χ2v) is 7.41. The van der Waals surface area contributed by atoms with Gasteiger partial charge in [-0.25, -0.2) is 4.68 Å². The smallest absolute Gasteiger partial charge is 0.310 e. The summed E-state index contributed by atoms with van der Waals surface area (Å²) < 4.78 is 7.19. The minimum absolute atomic E-state index is 0. The van der Waals surface area contributed by atoms with E-state index >= 15 is 0 Å². The third-order valence-corrected chi connectivity index (χ3v) is 5.22. The van der Waals surface area contributed by atoms with Crippen LogP contribution in [0.25, 0.3) is 5.69 Å². The molecule has 7 nitrogen and oxygen atoms in total. The minimum Gasteiger partial charge on any atom is -0.466 e. The molecule has 164 valence electrons. The van der Waals surface area contributed by atoms with Gasteiger partial charge in [0.05, 0.1) is 23.9 Å². The Hall–Kier alpha value is -2.10. The number of esters is 1. The molecule has 2 heterocycles. The summed E-state index contributed by atoms with van der Waals surface area (Å²) in [5.41, 5.74) is 4.30. The van der Waals surface area contributed by atoms with E-state index < -0.39 is 0 Å².